The van der Waals surface area contributed by atoms with Gasteiger partial charge in [0.2, 0.25) is 5.91 Å². The second-order valence-corrected chi connectivity index (χ2v) is 5.32. The zero-order chi connectivity index (χ0) is 15.8. The van der Waals surface area contributed by atoms with Crippen molar-refractivity contribution in [2.24, 2.45) is 4.99 Å². The van der Waals surface area contributed by atoms with E-state index < -0.39 is 0 Å². The molecule has 0 unspecified atom stereocenters. The van der Waals surface area contributed by atoms with Gasteiger partial charge in [-0.3, -0.25) is 9.79 Å². The summed E-state index contributed by atoms with van der Waals surface area (Å²) in [4.78, 5) is 15.6. The van der Waals surface area contributed by atoms with Gasteiger partial charge in [-0.2, -0.15) is 0 Å². The molecule has 0 radical (unpaired) electrons. The highest BCUT2D eigenvalue weighted by atomic mass is 127. The number of aliphatic imine (C=N–C) groups is 1. The minimum atomic E-state index is 0. The van der Waals surface area contributed by atoms with Gasteiger partial charge in [0.05, 0.1) is 6.54 Å². The number of rotatable bonds is 12. The largest absolute Gasteiger partial charge is 0.356 e. The van der Waals surface area contributed by atoms with Crippen molar-refractivity contribution in [3.05, 3.63) is 0 Å². The average Bonchev–Trinajstić information content (AvgIpc) is 2.50. The van der Waals surface area contributed by atoms with Crippen molar-refractivity contribution in [3.63, 3.8) is 0 Å². The number of nitrogens with zero attached hydrogens (tertiary/aromatic N) is 1. The number of guanidine groups is 1. The smallest absolute Gasteiger partial charge is 0.239 e. The Morgan fingerprint density at radius 1 is 0.818 bits per heavy atom. The zero-order valence-electron chi connectivity index (χ0n) is 14.5. The lowest BCUT2D eigenvalue weighted by Gasteiger charge is -2.11. The molecule has 1 amide bonds. The molecular formula is C16H35IN4O. The van der Waals surface area contributed by atoms with Crippen LogP contribution in [-0.4, -0.2) is 38.5 Å². The summed E-state index contributed by atoms with van der Waals surface area (Å²) in [6, 6.07) is 0. The van der Waals surface area contributed by atoms with Crippen LogP contribution in [0.1, 0.15) is 65.2 Å². The summed E-state index contributed by atoms with van der Waals surface area (Å²) >= 11 is 0. The maximum atomic E-state index is 11.5. The first-order valence-electron chi connectivity index (χ1n) is 8.45. The van der Waals surface area contributed by atoms with Crippen molar-refractivity contribution in [1.82, 2.24) is 16.0 Å². The molecule has 132 valence electrons. The molecule has 0 atom stereocenters. The third-order valence-electron chi connectivity index (χ3n) is 3.28. The van der Waals surface area contributed by atoms with Gasteiger partial charge in [-0.15, -0.1) is 24.0 Å². The van der Waals surface area contributed by atoms with Gasteiger partial charge in [-0.05, 0) is 12.8 Å². The lowest BCUT2D eigenvalue weighted by Crippen LogP contribution is -2.43. The van der Waals surface area contributed by atoms with Crippen LogP contribution in [0.25, 0.3) is 0 Å². The van der Waals surface area contributed by atoms with E-state index in [0.29, 0.717) is 5.96 Å². The summed E-state index contributed by atoms with van der Waals surface area (Å²) < 4.78 is 0. The van der Waals surface area contributed by atoms with Crippen LogP contribution in [0.2, 0.25) is 0 Å². The number of amides is 1. The molecule has 5 nitrogen and oxygen atoms in total. The summed E-state index contributed by atoms with van der Waals surface area (Å²) in [6.07, 6.45) is 10.0. The molecular weight excluding hydrogens is 391 g/mol. The van der Waals surface area contributed by atoms with Gasteiger partial charge in [0.15, 0.2) is 5.96 Å². The molecule has 0 aliphatic carbocycles. The van der Waals surface area contributed by atoms with Crippen LogP contribution >= 0.6 is 24.0 Å². The van der Waals surface area contributed by atoms with Crippen LogP contribution < -0.4 is 16.0 Å². The van der Waals surface area contributed by atoms with E-state index in [4.69, 9.17) is 0 Å². The lowest BCUT2D eigenvalue weighted by atomic mass is 10.1. The number of carbonyl (C=O) groups is 1. The Kier molecular flexibility index (Phi) is 20.0. The van der Waals surface area contributed by atoms with Crippen LogP contribution in [0.4, 0.5) is 0 Å². The number of carbonyl (C=O) groups excluding carboxylic acids is 1. The first kappa shape index (κ1) is 23.7. The molecule has 0 aliphatic rings. The molecule has 0 aliphatic heterocycles. The quantitative estimate of drug-likeness (QED) is 0.195. The number of hydrogen-bond donors (Lipinski definition) is 3. The fraction of sp³-hybridized carbons (Fsp3) is 0.875. The first-order valence-corrected chi connectivity index (χ1v) is 8.45. The molecule has 3 N–H and O–H groups in total. The van der Waals surface area contributed by atoms with E-state index in [1.807, 2.05) is 6.92 Å². The predicted octanol–water partition coefficient (Wildman–Crippen LogP) is 3.05. The minimum absolute atomic E-state index is 0. The van der Waals surface area contributed by atoms with E-state index in [-0.39, 0.29) is 36.4 Å². The molecule has 0 bridgehead atoms. The van der Waals surface area contributed by atoms with Crippen molar-refractivity contribution in [2.75, 3.05) is 26.7 Å². The maximum Gasteiger partial charge on any atom is 0.239 e. The highest BCUT2D eigenvalue weighted by Gasteiger charge is 2.02. The number of hydrogen-bond acceptors (Lipinski definition) is 2. The Morgan fingerprint density at radius 2 is 1.45 bits per heavy atom. The Labute approximate surface area is 153 Å². The molecule has 0 heterocycles. The SMILES string of the molecule is CCCCCCCCCNC(=NC)NCC(=O)NCCC.I. The first-order chi connectivity index (χ1) is 10.2. The van der Waals surface area contributed by atoms with Crippen LogP contribution in [-0.2, 0) is 4.79 Å². The Morgan fingerprint density at radius 3 is 2.05 bits per heavy atom. The lowest BCUT2D eigenvalue weighted by molar-refractivity contribution is -0.120. The second-order valence-electron chi connectivity index (χ2n) is 5.32. The summed E-state index contributed by atoms with van der Waals surface area (Å²) in [6.45, 7) is 6.19. The van der Waals surface area contributed by atoms with Crippen molar-refractivity contribution in [2.45, 2.75) is 65.2 Å². The molecule has 0 spiro atoms. The number of unbranched alkanes of at least 4 members (excludes halogenated alkanes) is 6. The van der Waals surface area contributed by atoms with Crippen LogP contribution in [0, 0.1) is 0 Å². The minimum Gasteiger partial charge on any atom is -0.356 e. The Hall–Kier alpha value is -0.530. The molecule has 0 aromatic carbocycles. The van der Waals surface area contributed by atoms with E-state index in [1.54, 1.807) is 7.05 Å². The number of nitrogens with one attached hydrogen (secondary N) is 3. The summed E-state index contributed by atoms with van der Waals surface area (Å²) in [7, 11) is 1.73. The number of halogens is 1. The highest BCUT2D eigenvalue weighted by Crippen LogP contribution is 2.06. The molecule has 22 heavy (non-hydrogen) atoms. The second kappa shape index (κ2) is 18.5. The summed E-state index contributed by atoms with van der Waals surface area (Å²) in [5.41, 5.74) is 0. The van der Waals surface area contributed by atoms with Crippen LogP contribution in [0.3, 0.4) is 0 Å². The van der Waals surface area contributed by atoms with Gasteiger partial charge in [-0.25, -0.2) is 0 Å². The van der Waals surface area contributed by atoms with Crippen molar-refractivity contribution < 1.29 is 4.79 Å². The standard InChI is InChI=1S/C16H34N4O.HI/c1-4-6-7-8-9-10-11-13-19-16(17-3)20-14-15(21)18-12-5-2;/h4-14H2,1-3H3,(H,18,21)(H2,17,19,20);1H. The molecule has 0 rings (SSSR count). The summed E-state index contributed by atoms with van der Waals surface area (Å²) in [5, 5.41) is 9.09. The monoisotopic (exact) mass is 426 g/mol. The highest BCUT2D eigenvalue weighted by molar-refractivity contribution is 14.0. The van der Waals surface area contributed by atoms with E-state index in [0.717, 1.165) is 25.9 Å². The van der Waals surface area contributed by atoms with Crippen molar-refractivity contribution in [1.29, 1.82) is 0 Å². The van der Waals surface area contributed by atoms with Gasteiger partial charge >= 0.3 is 0 Å². The van der Waals surface area contributed by atoms with E-state index in [1.165, 1.54) is 38.5 Å². The molecule has 0 fully saturated rings. The molecule has 6 heteroatoms. The zero-order valence-corrected chi connectivity index (χ0v) is 16.9. The van der Waals surface area contributed by atoms with Gasteiger partial charge in [0, 0.05) is 20.1 Å². The normalized spacial score (nSPS) is 10.8. The Bertz CT molecular complexity index is 285. The van der Waals surface area contributed by atoms with Gasteiger partial charge < -0.3 is 16.0 Å². The predicted molar refractivity (Wildman–Crippen MR) is 106 cm³/mol. The topological polar surface area (TPSA) is 65.5 Å². The van der Waals surface area contributed by atoms with E-state index in [9.17, 15) is 4.79 Å². The average molecular weight is 426 g/mol. The molecule has 0 aromatic rings. The Balaban J connectivity index is 0. The molecule has 0 aromatic heterocycles. The maximum absolute atomic E-state index is 11.5. The van der Waals surface area contributed by atoms with Crippen molar-refractivity contribution in [3.8, 4) is 0 Å². The molecule has 0 saturated heterocycles. The van der Waals surface area contributed by atoms with Crippen molar-refractivity contribution >= 4 is 35.8 Å². The third-order valence-corrected chi connectivity index (χ3v) is 3.28. The van der Waals surface area contributed by atoms with Gasteiger partial charge in [0.1, 0.15) is 0 Å². The van der Waals surface area contributed by atoms with Crippen LogP contribution in [0.5, 0.6) is 0 Å². The summed E-state index contributed by atoms with van der Waals surface area (Å²) in [5.74, 6) is 0.711. The third kappa shape index (κ3) is 15.9. The van der Waals surface area contributed by atoms with Crippen LogP contribution in [0.15, 0.2) is 4.99 Å². The van der Waals surface area contributed by atoms with E-state index >= 15 is 0 Å². The fourth-order valence-corrected chi connectivity index (χ4v) is 2.00. The van der Waals surface area contributed by atoms with Gasteiger partial charge in [-0.1, -0.05) is 52.4 Å². The van der Waals surface area contributed by atoms with Gasteiger partial charge in [0.25, 0.3) is 0 Å². The fourth-order valence-electron chi connectivity index (χ4n) is 2.00. The molecule has 0 saturated carbocycles. The van der Waals surface area contributed by atoms with E-state index in [2.05, 4.69) is 27.9 Å².